The molecular weight excluding hydrogens is 440 g/mol. The Balaban J connectivity index is 2.43. The minimum atomic E-state index is -4.01. The molecule has 10 heteroatoms. The first-order valence-electron chi connectivity index (χ1n) is 9.89. The SMILES string of the molecule is CCOC(=O)c1ccc(S(=O)(=O)Nc2cc(S(=O)(=O)N(CC)CC)cc(C)c2C)cc1. The lowest BCUT2D eigenvalue weighted by atomic mass is 10.1. The molecule has 0 aliphatic heterocycles. The minimum absolute atomic E-state index is 0.0228. The summed E-state index contributed by atoms with van der Waals surface area (Å²) < 4.78 is 60.3. The maximum atomic E-state index is 12.9. The Morgan fingerprint density at radius 2 is 1.52 bits per heavy atom. The quantitative estimate of drug-likeness (QED) is 0.566. The van der Waals surface area contributed by atoms with Gasteiger partial charge < -0.3 is 4.74 Å². The molecule has 0 saturated heterocycles. The molecule has 0 aromatic heterocycles. The summed E-state index contributed by atoms with van der Waals surface area (Å²) in [5.74, 6) is -0.541. The Bertz CT molecular complexity index is 1150. The molecule has 1 N–H and O–H groups in total. The van der Waals surface area contributed by atoms with Crippen molar-refractivity contribution in [1.82, 2.24) is 4.31 Å². The number of benzene rings is 2. The lowest BCUT2D eigenvalue weighted by molar-refractivity contribution is 0.0526. The van der Waals surface area contributed by atoms with Crippen molar-refractivity contribution in [2.75, 3.05) is 24.4 Å². The molecule has 31 heavy (non-hydrogen) atoms. The van der Waals surface area contributed by atoms with Crippen LogP contribution in [0.4, 0.5) is 5.69 Å². The van der Waals surface area contributed by atoms with Gasteiger partial charge in [0, 0.05) is 13.1 Å². The highest BCUT2D eigenvalue weighted by atomic mass is 32.2. The summed E-state index contributed by atoms with van der Waals surface area (Å²) in [5.41, 5.74) is 1.68. The first-order chi connectivity index (χ1) is 14.5. The molecule has 0 fully saturated rings. The number of nitrogens with one attached hydrogen (secondary N) is 1. The summed E-state index contributed by atoms with van der Waals surface area (Å²) in [6.45, 7) is 9.43. The third-order valence-corrected chi connectivity index (χ3v) is 8.31. The molecule has 0 unspecified atom stereocenters. The van der Waals surface area contributed by atoms with Gasteiger partial charge in [0.15, 0.2) is 0 Å². The van der Waals surface area contributed by atoms with Gasteiger partial charge in [0.05, 0.1) is 27.6 Å². The molecule has 2 aromatic carbocycles. The van der Waals surface area contributed by atoms with Crippen LogP contribution in [0, 0.1) is 13.8 Å². The third kappa shape index (κ3) is 5.44. The molecule has 0 aliphatic rings. The van der Waals surface area contributed by atoms with Gasteiger partial charge in [-0.05, 0) is 68.3 Å². The molecule has 0 aliphatic carbocycles. The highest BCUT2D eigenvalue weighted by molar-refractivity contribution is 7.92. The minimum Gasteiger partial charge on any atom is -0.462 e. The Hall–Kier alpha value is -2.43. The van der Waals surface area contributed by atoms with Crippen LogP contribution in [0.5, 0.6) is 0 Å². The van der Waals surface area contributed by atoms with Gasteiger partial charge in [-0.1, -0.05) is 13.8 Å². The monoisotopic (exact) mass is 468 g/mol. The van der Waals surface area contributed by atoms with E-state index in [9.17, 15) is 21.6 Å². The largest absolute Gasteiger partial charge is 0.462 e. The summed E-state index contributed by atoms with van der Waals surface area (Å²) in [4.78, 5) is 11.7. The number of carbonyl (C=O) groups excluding carboxylic acids is 1. The van der Waals surface area contributed by atoms with Crippen LogP contribution in [0.25, 0.3) is 0 Å². The van der Waals surface area contributed by atoms with Crippen LogP contribution < -0.4 is 4.72 Å². The van der Waals surface area contributed by atoms with Crippen LogP contribution in [0.2, 0.25) is 0 Å². The van der Waals surface area contributed by atoms with E-state index in [1.165, 1.54) is 40.7 Å². The summed E-state index contributed by atoms with van der Waals surface area (Å²) in [6, 6.07) is 8.20. The standard InChI is InChI=1S/C21H28N2O6S2/c1-6-23(7-2)31(27,28)19-13-15(4)16(5)20(14-19)22-30(25,26)18-11-9-17(10-12-18)21(24)29-8-3/h9-14,22H,6-8H2,1-5H3. The molecule has 2 aromatic rings. The maximum absolute atomic E-state index is 12.9. The number of aryl methyl sites for hydroxylation is 1. The lowest BCUT2D eigenvalue weighted by Gasteiger charge is -2.20. The summed E-state index contributed by atoms with van der Waals surface area (Å²) in [5, 5.41) is 0. The third-order valence-electron chi connectivity index (χ3n) is 4.90. The predicted octanol–water partition coefficient (Wildman–Crippen LogP) is 3.31. The van der Waals surface area contributed by atoms with E-state index in [-0.39, 0.29) is 27.6 Å². The second-order valence-corrected chi connectivity index (χ2v) is 10.5. The molecule has 0 amide bonds. The van der Waals surface area contributed by atoms with E-state index in [4.69, 9.17) is 4.74 Å². The first kappa shape index (κ1) is 24.8. The molecule has 170 valence electrons. The lowest BCUT2D eigenvalue weighted by Crippen LogP contribution is -2.30. The van der Waals surface area contributed by atoms with Gasteiger partial charge in [0.25, 0.3) is 10.0 Å². The average Bonchev–Trinajstić information content (AvgIpc) is 2.72. The Labute approximate surface area is 184 Å². The number of esters is 1. The Morgan fingerprint density at radius 3 is 2.03 bits per heavy atom. The van der Waals surface area contributed by atoms with Crippen LogP contribution >= 0.6 is 0 Å². The smallest absolute Gasteiger partial charge is 0.338 e. The Kier molecular flexibility index (Phi) is 7.85. The number of anilines is 1. The molecule has 0 spiro atoms. The fraction of sp³-hybridized carbons (Fsp3) is 0.381. The van der Waals surface area contributed by atoms with Gasteiger partial charge >= 0.3 is 5.97 Å². The van der Waals surface area contributed by atoms with Crippen LogP contribution in [0.1, 0.15) is 42.3 Å². The zero-order chi connectivity index (χ0) is 23.4. The van der Waals surface area contributed by atoms with E-state index in [2.05, 4.69) is 4.72 Å². The molecule has 8 nitrogen and oxygen atoms in total. The molecule has 2 rings (SSSR count). The van der Waals surface area contributed by atoms with Crippen molar-refractivity contribution in [3.63, 3.8) is 0 Å². The van der Waals surface area contributed by atoms with Crippen molar-refractivity contribution in [3.05, 3.63) is 53.1 Å². The molecule has 0 radical (unpaired) electrons. The van der Waals surface area contributed by atoms with Crippen LogP contribution in [0.3, 0.4) is 0 Å². The second-order valence-electron chi connectivity index (χ2n) is 6.85. The van der Waals surface area contributed by atoms with E-state index in [0.717, 1.165) is 0 Å². The van der Waals surface area contributed by atoms with Crippen LogP contribution in [-0.4, -0.2) is 46.8 Å². The number of rotatable bonds is 9. The number of sulfonamides is 2. The second kappa shape index (κ2) is 9.80. The molecule has 0 heterocycles. The molecule has 0 bridgehead atoms. The predicted molar refractivity (Wildman–Crippen MR) is 119 cm³/mol. The normalized spacial score (nSPS) is 12.1. The van der Waals surface area contributed by atoms with Gasteiger partial charge in [-0.25, -0.2) is 21.6 Å². The average molecular weight is 469 g/mol. The van der Waals surface area contributed by atoms with Crippen molar-refractivity contribution < 1.29 is 26.4 Å². The van der Waals surface area contributed by atoms with Crippen molar-refractivity contribution in [2.45, 2.75) is 44.4 Å². The zero-order valence-electron chi connectivity index (χ0n) is 18.3. The number of nitrogens with zero attached hydrogens (tertiary/aromatic N) is 1. The molecule has 0 atom stereocenters. The summed E-state index contributed by atoms with van der Waals surface area (Å²) in [6.07, 6.45) is 0. The molecular formula is C21H28N2O6S2. The van der Waals surface area contributed by atoms with E-state index >= 15 is 0 Å². The number of hydrogen-bond donors (Lipinski definition) is 1. The van der Waals surface area contributed by atoms with Gasteiger partial charge in [-0.15, -0.1) is 0 Å². The fourth-order valence-corrected chi connectivity index (χ4v) is 5.67. The van der Waals surface area contributed by atoms with Crippen LogP contribution in [-0.2, 0) is 24.8 Å². The van der Waals surface area contributed by atoms with Gasteiger partial charge in [0.1, 0.15) is 0 Å². The fourth-order valence-electron chi connectivity index (χ4n) is 2.98. The Morgan fingerprint density at radius 1 is 0.935 bits per heavy atom. The van der Waals surface area contributed by atoms with E-state index in [0.29, 0.717) is 24.2 Å². The summed E-state index contributed by atoms with van der Waals surface area (Å²) >= 11 is 0. The van der Waals surface area contributed by atoms with E-state index < -0.39 is 26.0 Å². The van der Waals surface area contributed by atoms with Gasteiger partial charge in [-0.3, -0.25) is 4.72 Å². The maximum Gasteiger partial charge on any atom is 0.338 e. The van der Waals surface area contributed by atoms with Crippen molar-refractivity contribution in [1.29, 1.82) is 0 Å². The van der Waals surface area contributed by atoms with Crippen molar-refractivity contribution in [3.8, 4) is 0 Å². The number of carbonyl (C=O) groups is 1. The first-order valence-corrected chi connectivity index (χ1v) is 12.8. The number of hydrogen-bond acceptors (Lipinski definition) is 6. The van der Waals surface area contributed by atoms with E-state index in [1.807, 2.05) is 0 Å². The van der Waals surface area contributed by atoms with Gasteiger partial charge in [-0.2, -0.15) is 4.31 Å². The zero-order valence-corrected chi connectivity index (χ0v) is 19.9. The van der Waals surface area contributed by atoms with Crippen molar-refractivity contribution >= 4 is 31.7 Å². The molecule has 0 saturated carbocycles. The highest BCUT2D eigenvalue weighted by Gasteiger charge is 2.24. The van der Waals surface area contributed by atoms with Gasteiger partial charge in [0.2, 0.25) is 10.0 Å². The van der Waals surface area contributed by atoms with Crippen LogP contribution in [0.15, 0.2) is 46.2 Å². The number of ether oxygens (including phenoxy) is 1. The van der Waals surface area contributed by atoms with Crippen molar-refractivity contribution in [2.24, 2.45) is 0 Å². The highest BCUT2D eigenvalue weighted by Crippen LogP contribution is 2.28. The summed E-state index contributed by atoms with van der Waals surface area (Å²) in [7, 11) is -7.77. The topological polar surface area (TPSA) is 110 Å². The van der Waals surface area contributed by atoms with E-state index in [1.54, 1.807) is 34.6 Å².